The topological polar surface area (TPSA) is 48.3 Å². The average Bonchev–Trinajstić information content (AvgIpc) is 3.22. The number of hydrogen-bond acceptors (Lipinski definition) is 4. The van der Waals surface area contributed by atoms with Crippen LogP contribution in [0.5, 0.6) is 0 Å². The molecular formula is C18H28N4O. The molecule has 2 heterocycles. The maximum atomic E-state index is 12.5. The number of carbonyl (C=O) groups is 1. The molecule has 1 amide bonds. The van der Waals surface area contributed by atoms with Crippen molar-refractivity contribution in [3.8, 4) is 12.3 Å². The van der Waals surface area contributed by atoms with Gasteiger partial charge in [-0.1, -0.05) is 12.8 Å². The number of carbonyl (C=O) groups excluding carboxylic acids is 1. The third kappa shape index (κ3) is 4.32. The van der Waals surface area contributed by atoms with Crippen LogP contribution >= 0.6 is 0 Å². The molecule has 0 atom stereocenters. The second kappa shape index (κ2) is 7.44. The number of amides is 1. The lowest BCUT2D eigenvalue weighted by Gasteiger charge is -2.27. The van der Waals surface area contributed by atoms with Crippen molar-refractivity contribution < 1.29 is 4.79 Å². The molecule has 23 heavy (non-hydrogen) atoms. The monoisotopic (exact) mass is 316 g/mol. The van der Waals surface area contributed by atoms with Gasteiger partial charge in [-0.25, -0.2) is 0 Å². The fraction of sp³-hybridized carbons (Fsp3) is 0.833. The van der Waals surface area contributed by atoms with Gasteiger partial charge in [0.05, 0.1) is 0 Å². The Morgan fingerprint density at radius 1 is 1.09 bits per heavy atom. The normalized spacial score (nSPS) is 24.4. The first-order valence-electron chi connectivity index (χ1n) is 9.12. The van der Waals surface area contributed by atoms with E-state index in [1.54, 1.807) is 0 Å². The quantitative estimate of drug-likeness (QED) is 0.708. The summed E-state index contributed by atoms with van der Waals surface area (Å²) in [4.78, 5) is 17.2. The van der Waals surface area contributed by atoms with E-state index in [0.29, 0.717) is 12.8 Å². The minimum Gasteiger partial charge on any atom is -0.341 e. The van der Waals surface area contributed by atoms with Crippen LogP contribution in [0.4, 0.5) is 0 Å². The molecule has 1 aliphatic carbocycles. The van der Waals surface area contributed by atoms with Gasteiger partial charge in [-0.05, 0) is 19.3 Å². The van der Waals surface area contributed by atoms with E-state index in [1.165, 1.54) is 25.7 Å². The highest BCUT2D eigenvalue weighted by molar-refractivity contribution is 5.76. The summed E-state index contributed by atoms with van der Waals surface area (Å²) in [6, 6.07) is 0.765. The molecule has 3 aliphatic rings. The van der Waals surface area contributed by atoms with E-state index in [1.807, 2.05) is 4.90 Å². The zero-order valence-corrected chi connectivity index (χ0v) is 14.0. The minimum absolute atomic E-state index is 0.260. The third-order valence-corrected chi connectivity index (χ3v) is 5.52. The molecule has 126 valence electrons. The lowest BCUT2D eigenvalue weighted by Crippen LogP contribution is -2.38. The highest BCUT2D eigenvalue weighted by Gasteiger charge is 2.39. The molecule has 2 fully saturated rings. The molecule has 0 aromatic carbocycles. The number of rotatable bonds is 6. The summed E-state index contributed by atoms with van der Waals surface area (Å²) in [7, 11) is 0. The van der Waals surface area contributed by atoms with Crippen molar-refractivity contribution in [2.45, 2.75) is 69.5 Å². The van der Waals surface area contributed by atoms with Crippen LogP contribution < -0.4 is 0 Å². The van der Waals surface area contributed by atoms with Crippen molar-refractivity contribution in [2.75, 3.05) is 26.2 Å². The first-order chi connectivity index (χ1) is 11.2. The molecule has 0 bridgehead atoms. The standard InChI is InChI=1S/C18H28N4O/c1-2-3-10-18(19-20-18)11-9-17(23)22-13-6-12-21(14-15-22)16-7-4-5-8-16/h1,16H,3-15H2. The summed E-state index contributed by atoms with van der Waals surface area (Å²) in [5.74, 6) is 2.89. The number of nitrogens with zero attached hydrogens (tertiary/aromatic N) is 4. The molecule has 3 rings (SSSR count). The Morgan fingerprint density at radius 2 is 1.87 bits per heavy atom. The fourth-order valence-corrected chi connectivity index (χ4v) is 3.95. The van der Waals surface area contributed by atoms with Crippen molar-refractivity contribution in [3.05, 3.63) is 0 Å². The van der Waals surface area contributed by atoms with Crippen LogP contribution in [0.3, 0.4) is 0 Å². The molecule has 0 unspecified atom stereocenters. The fourth-order valence-electron chi connectivity index (χ4n) is 3.95. The van der Waals surface area contributed by atoms with Gasteiger partial charge in [0.2, 0.25) is 5.91 Å². The predicted molar refractivity (Wildman–Crippen MR) is 89.9 cm³/mol. The van der Waals surface area contributed by atoms with E-state index in [9.17, 15) is 4.79 Å². The lowest BCUT2D eigenvalue weighted by molar-refractivity contribution is -0.131. The molecule has 2 aliphatic heterocycles. The van der Waals surface area contributed by atoms with Crippen LogP contribution in [0.25, 0.3) is 0 Å². The largest absolute Gasteiger partial charge is 0.341 e. The Kier molecular flexibility index (Phi) is 5.32. The Hall–Kier alpha value is -1.41. The molecule has 0 radical (unpaired) electrons. The van der Waals surface area contributed by atoms with Gasteiger partial charge in [0.15, 0.2) is 5.66 Å². The van der Waals surface area contributed by atoms with E-state index in [0.717, 1.165) is 51.5 Å². The zero-order chi connectivity index (χ0) is 16.1. The van der Waals surface area contributed by atoms with Gasteiger partial charge in [-0.3, -0.25) is 9.69 Å². The molecule has 5 nitrogen and oxygen atoms in total. The number of hydrogen-bond donors (Lipinski definition) is 0. The van der Waals surface area contributed by atoms with Crippen molar-refractivity contribution in [2.24, 2.45) is 10.2 Å². The second-order valence-electron chi connectivity index (χ2n) is 7.10. The summed E-state index contributed by atoms with van der Waals surface area (Å²) in [6.07, 6.45) is 14.6. The van der Waals surface area contributed by atoms with E-state index in [4.69, 9.17) is 6.42 Å². The SMILES string of the molecule is C#CCCC1(CCC(=O)N2CCCN(C3CCCC3)CC2)N=N1. The van der Waals surface area contributed by atoms with Gasteiger partial charge in [0.1, 0.15) is 0 Å². The van der Waals surface area contributed by atoms with E-state index >= 15 is 0 Å². The van der Waals surface area contributed by atoms with E-state index < -0.39 is 0 Å². The third-order valence-electron chi connectivity index (χ3n) is 5.52. The predicted octanol–water partition coefficient (Wildman–Crippen LogP) is 2.82. The molecule has 1 saturated carbocycles. The minimum atomic E-state index is -0.330. The maximum Gasteiger partial charge on any atom is 0.222 e. The van der Waals surface area contributed by atoms with Gasteiger partial charge in [-0.2, -0.15) is 10.2 Å². The van der Waals surface area contributed by atoms with Crippen molar-refractivity contribution in [3.63, 3.8) is 0 Å². The zero-order valence-electron chi connectivity index (χ0n) is 14.0. The second-order valence-corrected chi connectivity index (χ2v) is 7.10. The molecule has 1 saturated heterocycles. The van der Waals surface area contributed by atoms with Gasteiger partial charge >= 0.3 is 0 Å². The van der Waals surface area contributed by atoms with Gasteiger partial charge in [-0.15, -0.1) is 12.3 Å². The first kappa shape index (κ1) is 16.4. The van der Waals surface area contributed by atoms with Gasteiger partial charge in [0, 0.05) is 57.9 Å². The molecule has 0 spiro atoms. The van der Waals surface area contributed by atoms with Gasteiger partial charge in [0.25, 0.3) is 0 Å². The first-order valence-corrected chi connectivity index (χ1v) is 9.12. The van der Waals surface area contributed by atoms with Crippen LogP contribution in [0.2, 0.25) is 0 Å². The summed E-state index contributed by atoms with van der Waals surface area (Å²) in [5, 5.41) is 8.24. The Bertz CT molecular complexity index is 484. The summed E-state index contributed by atoms with van der Waals surface area (Å²) in [5.41, 5.74) is -0.330. The van der Waals surface area contributed by atoms with E-state index in [-0.39, 0.29) is 11.6 Å². The molecular weight excluding hydrogens is 288 g/mol. The van der Waals surface area contributed by atoms with Crippen LogP contribution in [-0.4, -0.2) is 53.6 Å². The average molecular weight is 316 g/mol. The van der Waals surface area contributed by atoms with E-state index in [2.05, 4.69) is 21.0 Å². The van der Waals surface area contributed by atoms with Crippen molar-refractivity contribution >= 4 is 5.91 Å². The molecule has 5 heteroatoms. The molecule has 0 aromatic rings. The highest BCUT2D eigenvalue weighted by atomic mass is 16.2. The molecule has 0 N–H and O–H groups in total. The highest BCUT2D eigenvalue weighted by Crippen LogP contribution is 2.37. The van der Waals surface area contributed by atoms with Gasteiger partial charge < -0.3 is 4.90 Å². The van der Waals surface area contributed by atoms with Crippen LogP contribution in [0.15, 0.2) is 10.2 Å². The van der Waals surface area contributed by atoms with Crippen molar-refractivity contribution in [1.82, 2.24) is 9.80 Å². The van der Waals surface area contributed by atoms with Crippen LogP contribution in [0, 0.1) is 12.3 Å². The van der Waals surface area contributed by atoms with Crippen molar-refractivity contribution in [1.29, 1.82) is 0 Å². The van der Waals surface area contributed by atoms with Crippen LogP contribution in [0.1, 0.15) is 57.8 Å². The lowest BCUT2D eigenvalue weighted by atomic mass is 10.0. The summed E-state index contributed by atoms with van der Waals surface area (Å²) >= 11 is 0. The maximum absolute atomic E-state index is 12.5. The molecule has 0 aromatic heterocycles. The smallest absolute Gasteiger partial charge is 0.222 e. The Labute approximate surface area is 139 Å². The summed E-state index contributed by atoms with van der Waals surface area (Å²) in [6.45, 7) is 3.95. The Balaban J connectivity index is 1.42. The Morgan fingerprint density at radius 3 is 2.57 bits per heavy atom. The number of terminal acetylenes is 1. The van der Waals surface area contributed by atoms with Crippen LogP contribution in [-0.2, 0) is 4.79 Å². The summed E-state index contributed by atoms with van der Waals surface area (Å²) < 4.78 is 0.